The van der Waals surface area contributed by atoms with E-state index < -0.39 is 0 Å². The maximum atomic E-state index is 5.95. The zero-order valence-electron chi connectivity index (χ0n) is 19.1. The summed E-state index contributed by atoms with van der Waals surface area (Å²) in [6.45, 7) is 11.5. The van der Waals surface area contributed by atoms with E-state index in [0.717, 1.165) is 44.0 Å². The zero-order valence-corrected chi connectivity index (χ0v) is 21.4. The molecule has 0 saturated heterocycles. The van der Waals surface area contributed by atoms with Gasteiger partial charge in [-0.05, 0) is 38.7 Å². The maximum absolute atomic E-state index is 5.95. The molecule has 0 aliphatic carbocycles. The summed E-state index contributed by atoms with van der Waals surface area (Å²) in [5.41, 5.74) is 4.89. The molecule has 1 atom stereocenters. The molecule has 6 nitrogen and oxygen atoms in total. The average molecular weight is 527 g/mol. The number of halogens is 1. The molecule has 0 fully saturated rings. The second-order valence-corrected chi connectivity index (χ2v) is 7.10. The summed E-state index contributed by atoms with van der Waals surface area (Å²) in [4.78, 5) is 4.79. The van der Waals surface area contributed by atoms with Gasteiger partial charge in [-0.3, -0.25) is 4.68 Å². The van der Waals surface area contributed by atoms with Crippen LogP contribution in [0.25, 0.3) is 0 Å². The molecular formula is C23H38IN5O. The number of aromatic nitrogens is 2. The van der Waals surface area contributed by atoms with Gasteiger partial charge in [0.2, 0.25) is 0 Å². The molecule has 30 heavy (non-hydrogen) atoms. The van der Waals surface area contributed by atoms with Crippen molar-refractivity contribution in [2.75, 3.05) is 19.7 Å². The number of ether oxygens (including phenoxy) is 1. The van der Waals surface area contributed by atoms with Crippen LogP contribution in [0.4, 0.5) is 0 Å². The third kappa shape index (κ3) is 7.91. The average Bonchev–Trinajstić information content (AvgIpc) is 3.06. The minimum Gasteiger partial charge on any atom is -0.374 e. The first-order chi connectivity index (χ1) is 14.1. The second-order valence-electron chi connectivity index (χ2n) is 7.10. The fraction of sp³-hybridized carbons (Fsp3) is 0.565. The van der Waals surface area contributed by atoms with Crippen LogP contribution < -0.4 is 10.6 Å². The van der Waals surface area contributed by atoms with E-state index in [1.54, 1.807) is 0 Å². The van der Waals surface area contributed by atoms with Crippen LogP contribution in [0.5, 0.6) is 0 Å². The highest BCUT2D eigenvalue weighted by molar-refractivity contribution is 14.0. The van der Waals surface area contributed by atoms with E-state index in [9.17, 15) is 0 Å². The van der Waals surface area contributed by atoms with E-state index in [2.05, 4.69) is 55.6 Å². The predicted molar refractivity (Wildman–Crippen MR) is 136 cm³/mol. The van der Waals surface area contributed by atoms with Crippen molar-refractivity contribution >= 4 is 29.9 Å². The Morgan fingerprint density at radius 3 is 2.50 bits per heavy atom. The van der Waals surface area contributed by atoms with Crippen molar-refractivity contribution in [2.24, 2.45) is 12.0 Å². The first-order valence-electron chi connectivity index (χ1n) is 10.8. The molecule has 1 heterocycles. The van der Waals surface area contributed by atoms with Gasteiger partial charge in [-0.15, -0.1) is 24.0 Å². The third-order valence-corrected chi connectivity index (χ3v) is 5.02. The fourth-order valence-corrected chi connectivity index (χ4v) is 3.43. The van der Waals surface area contributed by atoms with Crippen molar-refractivity contribution < 1.29 is 4.74 Å². The van der Waals surface area contributed by atoms with E-state index in [0.29, 0.717) is 13.2 Å². The van der Waals surface area contributed by atoms with Gasteiger partial charge in [-0.2, -0.15) is 5.10 Å². The lowest BCUT2D eigenvalue weighted by Crippen LogP contribution is -2.38. The molecule has 0 aliphatic heterocycles. The number of rotatable bonds is 11. The maximum Gasteiger partial charge on any atom is 0.191 e. The smallest absolute Gasteiger partial charge is 0.191 e. The Bertz CT molecular complexity index is 760. The molecule has 168 valence electrons. The van der Waals surface area contributed by atoms with Crippen molar-refractivity contribution in [1.82, 2.24) is 20.4 Å². The highest BCUT2D eigenvalue weighted by Gasteiger charge is 2.13. The zero-order chi connectivity index (χ0) is 21.1. The third-order valence-electron chi connectivity index (χ3n) is 5.02. The summed E-state index contributed by atoms with van der Waals surface area (Å²) in [6, 6.07) is 10.3. The number of hydrogen-bond acceptors (Lipinski definition) is 3. The van der Waals surface area contributed by atoms with Crippen LogP contribution in [0.1, 0.15) is 62.7 Å². The Morgan fingerprint density at radius 2 is 1.87 bits per heavy atom. The molecule has 2 aromatic rings. The Labute approximate surface area is 198 Å². The summed E-state index contributed by atoms with van der Waals surface area (Å²) >= 11 is 0. The van der Waals surface area contributed by atoms with Crippen molar-refractivity contribution in [3.05, 3.63) is 52.8 Å². The summed E-state index contributed by atoms with van der Waals surface area (Å²) in [6.07, 6.45) is 2.94. The van der Waals surface area contributed by atoms with Crippen LogP contribution in [0.15, 0.2) is 35.3 Å². The van der Waals surface area contributed by atoms with Crippen LogP contribution in [0.3, 0.4) is 0 Å². The number of hydrogen-bond donors (Lipinski definition) is 2. The van der Waals surface area contributed by atoms with Gasteiger partial charge in [0.15, 0.2) is 5.96 Å². The van der Waals surface area contributed by atoms with Crippen molar-refractivity contribution in [1.29, 1.82) is 0 Å². The van der Waals surface area contributed by atoms with Crippen LogP contribution in [0.2, 0.25) is 0 Å². The number of benzene rings is 1. The van der Waals surface area contributed by atoms with Gasteiger partial charge in [0, 0.05) is 38.0 Å². The highest BCUT2D eigenvalue weighted by Crippen LogP contribution is 2.17. The number of aryl methyl sites for hydroxylation is 2. The highest BCUT2D eigenvalue weighted by atomic mass is 127. The molecule has 1 unspecified atom stereocenters. The van der Waals surface area contributed by atoms with Crippen LogP contribution in [-0.4, -0.2) is 35.4 Å². The lowest BCUT2D eigenvalue weighted by atomic mass is 10.1. The van der Waals surface area contributed by atoms with E-state index in [-0.39, 0.29) is 30.1 Å². The fourth-order valence-electron chi connectivity index (χ4n) is 3.43. The van der Waals surface area contributed by atoms with Crippen molar-refractivity contribution in [3.63, 3.8) is 0 Å². The second kappa shape index (κ2) is 14.4. The molecule has 1 aromatic carbocycles. The number of aliphatic imine (C=N–C) groups is 1. The summed E-state index contributed by atoms with van der Waals surface area (Å²) < 4.78 is 7.95. The summed E-state index contributed by atoms with van der Waals surface area (Å²) in [5, 5.41) is 11.4. The molecule has 0 spiro atoms. The largest absolute Gasteiger partial charge is 0.374 e. The van der Waals surface area contributed by atoms with E-state index >= 15 is 0 Å². The molecular weight excluding hydrogens is 489 g/mol. The molecule has 0 radical (unpaired) electrons. The number of nitrogens with zero attached hydrogens (tertiary/aromatic N) is 3. The molecule has 2 rings (SSSR count). The SMILES string of the molecule is CCNC(=NCc1c(CC)nn(C)c1CC)NCCCOC(C)c1ccccc1.I. The molecule has 1 aromatic heterocycles. The van der Waals surface area contributed by atoms with Gasteiger partial charge < -0.3 is 15.4 Å². The predicted octanol–water partition coefficient (Wildman–Crippen LogP) is 4.39. The van der Waals surface area contributed by atoms with Gasteiger partial charge in [0.1, 0.15) is 0 Å². The van der Waals surface area contributed by atoms with Gasteiger partial charge >= 0.3 is 0 Å². The Balaban J connectivity index is 0.00000450. The van der Waals surface area contributed by atoms with Gasteiger partial charge in [0.05, 0.1) is 18.3 Å². The van der Waals surface area contributed by atoms with Gasteiger partial charge in [-0.1, -0.05) is 44.2 Å². The van der Waals surface area contributed by atoms with E-state index in [1.165, 1.54) is 16.8 Å². The minimum atomic E-state index is 0. The topological polar surface area (TPSA) is 63.5 Å². The summed E-state index contributed by atoms with van der Waals surface area (Å²) in [7, 11) is 2.02. The first-order valence-corrected chi connectivity index (χ1v) is 10.8. The minimum absolute atomic E-state index is 0. The lowest BCUT2D eigenvalue weighted by molar-refractivity contribution is 0.0646. The quantitative estimate of drug-likeness (QED) is 0.197. The monoisotopic (exact) mass is 527 g/mol. The number of guanidine groups is 1. The first kappa shape index (κ1) is 26.4. The Kier molecular flexibility index (Phi) is 12.7. The molecule has 0 amide bonds. The Morgan fingerprint density at radius 1 is 1.13 bits per heavy atom. The normalized spacial score (nSPS) is 12.4. The Hall–Kier alpha value is -1.61. The molecule has 0 aliphatic rings. The summed E-state index contributed by atoms with van der Waals surface area (Å²) in [5.74, 6) is 0.844. The van der Waals surface area contributed by atoms with Crippen LogP contribution >= 0.6 is 24.0 Å². The van der Waals surface area contributed by atoms with Crippen LogP contribution in [-0.2, 0) is 31.2 Å². The van der Waals surface area contributed by atoms with E-state index in [1.807, 2.05) is 29.9 Å². The standard InChI is InChI=1S/C23H37N5O.HI/c1-6-21-20(22(7-2)28(5)27-21)17-26-23(24-8-3)25-15-12-16-29-18(4)19-13-10-9-11-14-19;/h9-11,13-14,18H,6-8,12,15-17H2,1-5H3,(H2,24,25,26);1H. The molecule has 0 saturated carbocycles. The number of nitrogens with one attached hydrogen (secondary N) is 2. The van der Waals surface area contributed by atoms with Crippen LogP contribution in [0, 0.1) is 0 Å². The molecule has 0 bridgehead atoms. The molecule has 2 N–H and O–H groups in total. The van der Waals surface area contributed by atoms with Gasteiger partial charge in [-0.25, -0.2) is 4.99 Å². The van der Waals surface area contributed by atoms with Crippen molar-refractivity contribution in [3.8, 4) is 0 Å². The lowest BCUT2D eigenvalue weighted by Gasteiger charge is -2.15. The van der Waals surface area contributed by atoms with Gasteiger partial charge in [0.25, 0.3) is 0 Å². The van der Waals surface area contributed by atoms with E-state index in [4.69, 9.17) is 9.73 Å². The molecule has 7 heteroatoms. The van der Waals surface area contributed by atoms with Crippen molar-refractivity contribution in [2.45, 2.75) is 59.6 Å².